The molecule has 0 aromatic heterocycles. The summed E-state index contributed by atoms with van der Waals surface area (Å²) >= 11 is 10.1. The first-order chi connectivity index (χ1) is 16.5. The van der Waals surface area contributed by atoms with Crippen molar-refractivity contribution in [3.63, 3.8) is 0 Å². The van der Waals surface area contributed by atoms with Gasteiger partial charge in [0.1, 0.15) is 17.8 Å². The van der Waals surface area contributed by atoms with E-state index in [4.69, 9.17) is 21.1 Å². The first-order valence-corrected chi connectivity index (χ1v) is 12.9. The lowest BCUT2D eigenvalue weighted by molar-refractivity contribution is 0.000959. The van der Waals surface area contributed by atoms with E-state index in [0.717, 1.165) is 11.3 Å². The zero-order valence-electron chi connectivity index (χ0n) is 20.7. The Morgan fingerprint density at radius 2 is 1.94 bits per heavy atom. The third-order valence-corrected chi connectivity index (χ3v) is 7.29. The monoisotopic (exact) mass is 563 g/mol. The maximum Gasteiger partial charge on any atom is 0.410 e. The van der Waals surface area contributed by atoms with Gasteiger partial charge in [-0.25, -0.2) is 4.79 Å². The van der Waals surface area contributed by atoms with Gasteiger partial charge in [0.15, 0.2) is 5.75 Å². The number of rotatable bonds is 3. The van der Waals surface area contributed by atoms with Crippen LogP contribution in [0.4, 0.5) is 16.2 Å². The molecule has 7 nitrogen and oxygen atoms in total. The maximum atomic E-state index is 13.9. The topological polar surface area (TPSA) is 71.1 Å². The number of piperazine rings is 1. The molecule has 0 bridgehead atoms. The SMILES string of the molecule is CC(C)c1ccccc1Nc1cc(Br)c(Cl)c2c1C(=O)N1CCN(C(=O)OC(C)(C)C)CC1CO2. The molecule has 2 aromatic rings. The van der Waals surface area contributed by atoms with E-state index in [2.05, 4.69) is 41.2 Å². The van der Waals surface area contributed by atoms with Gasteiger partial charge in [-0.1, -0.05) is 43.6 Å². The number of carbonyl (C=O) groups excluding carboxylic acids is 2. The quantitative estimate of drug-likeness (QED) is 0.466. The number of hydrogen-bond acceptors (Lipinski definition) is 5. The molecule has 2 aromatic carbocycles. The van der Waals surface area contributed by atoms with Crippen LogP contribution in [-0.4, -0.2) is 59.7 Å². The molecule has 2 aliphatic heterocycles. The number of nitrogens with one attached hydrogen (secondary N) is 1. The Hall–Kier alpha value is -2.45. The number of benzene rings is 2. The average Bonchev–Trinajstić information content (AvgIpc) is 2.93. The molecular formula is C26H31BrClN3O4. The fourth-order valence-electron chi connectivity index (χ4n) is 4.39. The minimum absolute atomic E-state index is 0.176. The number of hydrogen-bond donors (Lipinski definition) is 1. The van der Waals surface area contributed by atoms with Gasteiger partial charge in [-0.05, 0) is 60.3 Å². The number of para-hydroxylation sites is 1. The van der Waals surface area contributed by atoms with Crippen molar-refractivity contribution < 1.29 is 19.1 Å². The summed E-state index contributed by atoms with van der Waals surface area (Å²) in [7, 11) is 0. The summed E-state index contributed by atoms with van der Waals surface area (Å²) in [5, 5.41) is 3.80. The van der Waals surface area contributed by atoms with Crippen LogP contribution in [0, 0.1) is 0 Å². The number of anilines is 2. The summed E-state index contributed by atoms with van der Waals surface area (Å²) in [6, 6.07) is 9.53. The van der Waals surface area contributed by atoms with E-state index in [0.29, 0.717) is 52.0 Å². The summed E-state index contributed by atoms with van der Waals surface area (Å²) < 4.78 is 12.3. The maximum absolute atomic E-state index is 13.9. The fourth-order valence-corrected chi connectivity index (χ4v) is 5.00. The molecule has 1 unspecified atom stereocenters. The van der Waals surface area contributed by atoms with E-state index >= 15 is 0 Å². The van der Waals surface area contributed by atoms with Crippen LogP contribution in [0.25, 0.3) is 0 Å². The van der Waals surface area contributed by atoms with Gasteiger partial charge in [0.25, 0.3) is 5.91 Å². The van der Waals surface area contributed by atoms with E-state index in [-0.39, 0.29) is 24.6 Å². The number of nitrogens with zero attached hydrogens (tertiary/aromatic N) is 2. The average molecular weight is 565 g/mol. The molecule has 0 saturated carbocycles. The van der Waals surface area contributed by atoms with Crippen LogP contribution in [0.2, 0.25) is 5.02 Å². The van der Waals surface area contributed by atoms with Crippen molar-refractivity contribution in [1.29, 1.82) is 0 Å². The Morgan fingerprint density at radius 3 is 2.63 bits per heavy atom. The number of amides is 2. The molecule has 35 heavy (non-hydrogen) atoms. The van der Waals surface area contributed by atoms with Crippen LogP contribution >= 0.6 is 27.5 Å². The zero-order valence-corrected chi connectivity index (χ0v) is 23.0. The van der Waals surface area contributed by atoms with Gasteiger partial charge in [0.05, 0.1) is 16.8 Å². The third kappa shape index (κ3) is 5.38. The highest BCUT2D eigenvalue weighted by atomic mass is 79.9. The molecule has 2 amide bonds. The van der Waals surface area contributed by atoms with E-state index in [1.54, 1.807) is 9.80 Å². The van der Waals surface area contributed by atoms with Gasteiger partial charge >= 0.3 is 6.09 Å². The molecule has 0 radical (unpaired) electrons. The molecule has 2 aliphatic rings. The summed E-state index contributed by atoms with van der Waals surface area (Å²) in [5.74, 6) is 0.462. The second-order valence-electron chi connectivity index (χ2n) is 10.2. The van der Waals surface area contributed by atoms with Crippen molar-refractivity contribution in [2.24, 2.45) is 0 Å². The highest BCUT2D eigenvalue weighted by Gasteiger charge is 2.40. The molecule has 188 valence electrons. The number of ether oxygens (including phenoxy) is 2. The molecular weight excluding hydrogens is 534 g/mol. The van der Waals surface area contributed by atoms with E-state index in [1.165, 1.54) is 0 Å². The Labute approximate surface area is 219 Å². The molecule has 0 spiro atoms. The minimum atomic E-state index is -0.590. The summed E-state index contributed by atoms with van der Waals surface area (Å²) in [4.78, 5) is 29.9. The first-order valence-electron chi connectivity index (χ1n) is 11.8. The van der Waals surface area contributed by atoms with Gasteiger partial charge < -0.3 is 24.6 Å². The Kier molecular flexibility index (Phi) is 7.25. The molecule has 1 N–H and O–H groups in total. The molecule has 0 aliphatic carbocycles. The molecule has 1 fully saturated rings. The zero-order chi connectivity index (χ0) is 25.5. The van der Waals surface area contributed by atoms with Gasteiger partial charge in [0.2, 0.25) is 0 Å². The van der Waals surface area contributed by atoms with Crippen molar-refractivity contribution in [3.05, 3.63) is 51.0 Å². The standard InChI is InChI=1S/C26H31BrClN3O4/c1-15(2)17-8-6-7-9-19(17)29-20-12-18(27)22(28)23-21(20)24(32)31-11-10-30(13-16(31)14-34-23)25(33)35-26(3,4)5/h6-9,12,15-16,29H,10-11,13-14H2,1-5H3. The van der Waals surface area contributed by atoms with Gasteiger partial charge in [-0.2, -0.15) is 0 Å². The number of carbonyl (C=O) groups is 2. The molecule has 1 atom stereocenters. The molecule has 4 rings (SSSR count). The van der Waals surface area contributed by atoms with E-state index < -0.39 is 5.60 Å². The van der Waals surface area contributed by atoms with Crippen LogP contribution in [0.15, 0.2) is 34.8 Å². The van der Waals surface area contributed by atoms with Crippen molar-refractivity contribution in [2.45, 2.75) is 52.2 Å². The van der Waals surface area contributed by atoms with Crippen LogP contribution < -0.4 is 10.1 Å². The molecule has 9 heteroatoms. The largest absolute Gasteiger partial charge is 0.489 e. The van der Waals surface area contributed by atoms with Crippen molar-refractivity contribution >= 4 is 50.9 Å². The minimum Gasteiger partial charge on any atom is -0.489 e. The predicted octanol–water partition coefficient (Wildman–Crippen LogP) is 6.42. The lowest BCUT2D eigenvalue weighted by Gasteiger charge is -2.40. The van der Waals surface area contributed by atoms with Crippen LogP contribution in [0.5, 0.6) is 5.75 Å². The Balaban J connectivity index is 1.67. The Bertz CT molecular complexity index is 1150. The summed E-state index contributed by atoms with van der Waals surface area (Å²) in [6.45, 7) is 11.1. The lowest BCUT2D eigenvalue weighted by atomic mass is 10.0. The second kappa shape index (κ2) is 9.90. The van der Waals surface area contributed by atoms with Crippen LogP contribution in [0.3, 0.4) is 0 Å². The normalized spacial score (nSPS) is 17.9. The Morgan fingerprint density at radius 1 is 1.23 bits per heavy atom. The van der Waals surface area contributed by atoms with E-state index in [1.807, 2.05) is 45.0 Å². The second-order valence-corrected chi connectivity index (χ2v) is 11.4. The van der Waals surface area contributed by atoms with E-state index in [9.17, 15) is 9.59 Å². The first kappa shape index (κ1) is 25.6. The van der Waals surface area contributed by atoms with Gasteiger partial charge in [-0.15, -0.1) is 0 Å². The number of halogens is 2. The van der Waals surface area contributed by atoms with Crippen LogP contribution in [-0.2, 0) is 4.74 Å². The summed E-state index contributed by atoms with van der Waals surface area (Å²) in [5.41, 5.74) is 2.47. The van der Waals surface area contributed by atoms with Crippen LogP contribution in [0.1, 0.15) is 56.5 Å². The van der Waals surface area contributed by atoms with Crippen molar-refractivity contribution in [1.82, 2.24) is 9.80 Å². The molecule has 2 heterocycles. The number of fused-ring (bicyclic) bond motifs is 2. The third-order valence-electron chi connectivity index (χ3n) is 6.06. The van der Waals surface area contributed by atoms with Gasteiger partial charge in [-0.3, -0.25) is 4.79 Å². The smallest absolute Gasteiger partial charge is 0.410 e. The fraction of sp³-hybridized carbons (Fsp3) is 0.462. The predicted molar refractivity (Wildman–Crippen MR) is 141 cm³/mol. The summed E-state index contributed by atoms with van der Waals surface area (Å²) in [6.07, 6.45) is -0.389. The highest BCUT2D eigenvalue weighted by Crippen LogP contribution is 2.44. The van der Waals surface area contributed by atoms with Gasteiger partial charge in [0, 0.05) is 29.8 Å². The lowest BCUT2D eigenvalue weighted by Crippen LogP contribution is -2.58. The molecule has 1 saturated heterocycles. The highest BCUT2D eigenvalue weighted by molar-refractivity contribution is 9.10. The van der Waals surface area contributed by atoms with Crippen molar-refractivity contribution in [2.75, 3.05) is 31.6 Å². The van der Waals surface area contributed by atoms with Crippen molar-refractivity contribution in [3.8, 4) is 5.75 Å².